The fraction of sp³-hybridized carbons (Fsp3) is 0.472. The van der Waals surface area contributed by atoms with Gasteiger partial charge in [-0.3, -0.25) is 19.6 Å². The number of aliphatic hydroxyl groups excluding tert-OH is 1. The quantitative estimate of drug-likeness (QED) is 0.0514. The molecular formula is C36H40F10IN7O7. The minimum atomic E-state index is -5.21. The molecule has 0 unspecified atom stereocenters. The van der Waals surface area contributed by atoms with Crippen molar-refractivity contribution in [3.8, 4) is 11.3 Å². The summed E-state index contributed by atoms with van der Waals surface area (Å²) in [5, 5.41) is 26.9. The van der Waals surface area contributed by atoms with Crippen molar-refractivity contribution in [3.05, 3.63) is 75.3 Å². The van der Waals surface area contributed by atoms with E-state index in [0.717, 1.165) is 13.3 Å². The number of carbonyl (C=O) groups excluding carboxylic acids is 3. The van der Waals surface area contributed by atoms with E-state index >= 15 is 8.78 Å². The van der Waals surface area contributed by atoms with Crippen LogP contribution in [0.15, 0.2) is 48.9 Å². The number of hydrogen-bond donors (Lipinski definition) is 6. The summed E-state index contributed by atoms with van der Waals surface area (Å²) in [5.41, 5.74) is -5.47. The number of halogens is 11. The highest BCUT2D eigenvalue weighted by atomic mass is 127. The number of amides is 4. The Kier molecular flexibility index (Phi) is 16.4. The highest BCUT2D eigenvalue weighted by molar-refractivity contribution is 14.1. The molecule has 2 aromatic carbocycles. The number of hydrazine groups is 1. The van der Waals surface area contributed by atoms with Crippen molar-refractivity contribution in [1.29, 1.82) is 0 Å². The minimum Gasteiger partial charge on any atom is -0.465 e. The van der Waals surface area contributed by atoms with Gasteiger partial charge in [0.1, 0.15) is 23.7 Å². The summed E-state index contributed by atoms with van der Waals surface area (Å²) in [6, 6.07) is 0.591. The monoisotopic (exact) mass is 999 g/mol. The van der Waals surface area contributed by atoms with Crippen molar-refractivity contribution in [3.63, 3.8) is 0 Å². The van der Waals surface area contributed by atoms with Gasteiger partial charge in [0.05, 0.1) is 42.1 Å². The number of imidazole rings is 1. The van der Waals surface area contributed by atoms with Crippen LogP contribution >= 0.6 is 22.6 Å². The molecular weight excluding hydrogens is 959 g/mol. The summed E-state index contributed by atoms with van der Waals surface area (Å²) in [7, 11) is 0.773. The number of hydrogen-bond acceptors (Lipinski definition) is 8. The molecule has 0 aliphatic heterocycles. The van der Waals surface area contributed by atoms with E-state index in [0.29, 0.717) is 64.9 Å². The molecule has 0 saturated carbocycles. The number of alkyl carbamates (subject to hydrolysis) is 1. The third-order valence-electron chi connectivity index (χ3n) is 9.59. The average molecular weight is 1000 g/mol. The van der Waals surface area contributed by atoms with Gasteiger partial charge in [-0.1, -0.05) is 12.1 Å². The molecule has 338 valence electrons. The summed E-state index contributed by atoms with van der Waals surface area (Å²) in [6.07, 6.45) is -15.0. The Morgan fingerprint density at radius 1 is 0.869 bits per heavy atom. The second kappa shape index (κ2) is 19.9. The van der Waals surface area contributed by atoms with E-state index in [4.69, 9.17) is 0 Å². The maximum absolute atomic E-state index is 15.7. The van der Waals surface area contributed by atoms with Crippen LogP contribution in [0.25, 0.3) is 11.3 Å². The van der Waals surface area contributed by atoms with Crippen LogP contribution in [0, 0.1) is 26.0 Å². The fourth-order valence-electron chi connectivity index (χ4n) is 5.61. The predicted octanol–water partition coefficient (Wildman–Crippen LogP) is 6.29. The van der Waals surface area contributed by atoms with Gasteiger partial charge in [0.2, 0.25) is 5.91 Å². The number of rotatable bonds is 17. The van der Waals surface area contributed by atoms with Gasteiger partial charge >= 0.3 is 31.1 Å². The third kappa shape index (κ3) is 12.8. The van der Waals surface area contributed by atoms with Crippen LogP contribution in [0.5, 0.6) is 0 Å². The lowest BCUT2D eigenvalue weighted by Gasteiger charge is -2.38. The van der Waals surface area contributed by atoms with Gasteiger partial charge in [0.25, 0.3) is 5.91 Å². The summed E-state index contributed by atoms with van der Waals surface area (Å²) in [5.74, 6) is -6.14. The lowest BCUT2D eigenvalue weighted by Crippen LogP contribution is -2.63. The van der Waals surface area contributed by atoms with E-state index in [1.165, 1.54) is 17.4 Å². The van der Waals surface area contributed by atoms with Crippen LogP contribution in [0.1, 0.15) is 45.4 Å². The molecule has 0 aliphatic carbocycles. The predicted molar refractivity (Wildman–Crippen MR) is 202 cm³/mol. The van der Waals surface area contributed by atoms with E-state index in [9.17, 15) is 64.5 Å². The van der Waals surface area contributed by atoms with Gasteiger partial charge in [-0.15, -0.1) is 0 Å². The number of nitrogens with one attached hydrogen (secondary N) is 4. The second-order valence-electron chi connectivity index (χ2n) is 14.7. The van der Waals surface area contributed by atoms with Crippen molar-refractivity contribution >= 4 is 46.6 Å². The van der Waals surface area contributed by atoms with Gasteiger partial charge in [0, 0.05) is 34.0 Å². The van der Waals surface area contributed by atoms with E-state index in [1.807, 2.05) is 28.0 Å². The van der Waals surface area contributed by atoms with Crippen LogP contribution in [0.3, 0.4) is 0 Å². The molecule has 1 heterocycles. The van der Waals surface area contributed by atoms with Crippen LogP contribution in [-0.2, 0) is 27.3 Å². The maximum Gasteiger partial charge on any atom is 0.407 e. The van der Waals surface area contributed by atoms with Crippen molar-refractivity contribution in [2.24, 2.45) is 10.8 Å². The Hall–Kier alpha value is -4.92. The molecule has 4 atom stereocenters. The SMILES string of the molecule is COC(=O)N[C@H](C(=O)NN(Cc1c(F)cc(-c2cn(C(F)F)cn2)cc1F)C[C@H](O)[C@H](Cc1ccc(I)cc1)NC(=O)[C@@H](NC(=O)O)C(C)(C)C(F)(F)F)C(C)(C)C(F)(F)F. The van der Waals surface area contributed by atoms with Crippen molar-refractivity contribution in [2.75, 3.05) is 13.7 Å². The van der Waals surface area contributed by atoms with E-state index in [1.54, 1.807) is 17.4 Å². The van der Waals surface area contributed by atoms with Gasteiger partial charge in [-0.05, 0) is 86.5 Å². The summed E-state index contributed by atoms with van der Waals surface area (Å²) < 4.78 is 148. The van der Waals surface area contributed by atoms with Gasteiger partial charge in [-0.2, -0.15) is 35.1 Å². The number of methoxy groups -OCH3 is 1. The lowest BCUT2D eigenvalue weighted by atomic mass is 9.82. The fourth-order valence-corrected chi connectivity index (χ4v) is 5.97. The molecule has 1 aromatic heterocycles. The number of aliphatic hydroxyl groups is 1. The van der Waals surface area contributed by atoms with E-state index in [-0.39, 0.29) is 11.3 Å². The summed E-state index contributed by atoms with van der Waals surface area (Å²) >= 11 is 1.94. The first-order valence-electron chi connectivity index (χ1n) is 17.6. The number of aromatic nitrogens is 2. The van der Waals surface area contributed by atoms with E-state index < -0.39 is 115 Å². The molecule has 25 heteroatoms. The van der Waals surface area contributed by atoms with Gasteiger partial charge in [-0.25, -0.2) is 28.4 Å². The van der Waals surface area contributed by atoms with Crippen LogP contribution in [-0.4, -0.2) is 99.0 Å². The summed E-state index contributed by atoms with van der Waals surface area (Å²) in [4.78, 5) is 54.6. The molecule has 61 heavy (non-hydrogen) atoms. The number of nitrogens with zero attached hydrogens (tertiary/aromatic N) is 3. The molecule has 6 N–H and O–H groups in total. The number of ether oxygens (including phenoxy) is 1. The van der Waals surface area contributed by atoms with Crippen LogP contribution < -0.4 is 21.4 Å². The Balaban J connectivity index is 2.15. The van der Waals surface area contributed by atoms with Crippen LogP contribution in [0.2, 0.25) is 0 Å². The van der Waals surface area contributed by atoms with Crippen molar-refractivity contribution < 1.29 is 78.0 Å². The topological polar surface area (TPSA) is 187 Å². The number of alkyl halides is 8. The van der Waals surface area contributed by atoms with Crippen molar-refractivity contribution in [2.45, 2.75) is 83.8 Å². The average Bonchev–Trinajstić information content (AvgIpc) is 3.64. The lowest BCUT2D eigenvalue weighted by molar-refractivity contribution is -0.221. The maximum atomic E-state index is 15.7. The number of benzene rings is 2. The minimum absolute atomic E-state index is 0.310. The molecule has 3 rings (SSSR count). The van der Waals surface area contributed by atoms with Gasteiger partial charge in [0.15, 0.2) is 0 Å². The standard InChI is InChI=1S/C36H40F10IN7O7/c1-33(2,35(41,42)43)26(50-31(58)59)28(56)49-23(10-17-6-8-19(47)9-7-17)25(55)15-54(52-29(57)27(51-32(60)61-5)34(3,4)36(44,45)46)13-20-21(37)11-18(12-22(20)38)24-14-53(16-48-24)30(39)40/h6-9,11-12,14,16,23,25-27,30,50,55H,10,13,15H2,1-5H3,(H,49,56)(H,51,60)(H,52,57)(H,58,59)/t23-,25-,26+,27+/m0/s1. The largest absolute Gasteiger partial charge is 0.465 e. The smallest absolute Gasteiger partial charge is 0.407 e. The van der Waals surface area contributed by atoms with Gasteiger partial charge < -0.3 is 30.9 Å². The zero-order valence-corrected chi connectivity index (χ0v) is 34.7. The Morgan fingerprint density at radius 2 is 1.39 bits per heavy atom. The molecule has 0 saturated heterocycles. The van der Waals surface area contributed by atoms with Crippen molar-refractivity contribution in [1.82, 2.24) is 35.9 Å². The number of carboxylic acid groups (broad SMARTS) is 1. The Morgan fingerprint density at radius 3 is 1.85 bits per heavy atom. The molecule has 3 aromatic rings. The highest BCUT2D eigenvalue weighted by Crippen LogP contribution is 2.42. The molecule has 0 bridgehead atoms. The Bertz CT molecular complexity index is 2010. The Labute approximate surface area is 354 Å². The molecule has 0 aliphatic rings. The second-order valence-corrected chi connectivity index (χ2v) is 15.9. The third-order valence-corrected chi connectivity index (χ3v) is 10.3. The normalized spacial score (nSPS) is 14.5. The first-order chi connectivity index (χ1) is 28.0. The first-order valence-corrected chi connectivity index (χ1v) is 18.6. The molecule has 4 amide bonds. The molecule has 0 fully saturated rings. The zero-order chi connectivity index (χ0) is 46.4. The van der Waals surface area contributed by atoms with E-state index in [2.05, 4.69) is 15.0 Å². The first kappa shape index (κ1) is 50.4. The molecule has 0 radical (unpaired) electrons. The molecule has 0 spiro atoms. The zero-order valence-electron chi connectivity index (χ0n) is 32.6. The molecule has 14 nitrogen and oxygen atoms in total. The highest BCUT2D eigenvalue weighted by Gasteiger charge is 2.57. The van der Waals surface area contributed by atoms with Crippen LogP contribution in [0.4, 0.5) is 53.5 Å². The number of carbonyl (C=O) groups is 4. The summed E-state index contributed by atoms with van der Waals surface area (Å²) in [6.45, 7) is -3.21.